The van der Waals surface area contributed by atoms with Gasteiger partial charge in [-0.15, -0.1) is 5.01 Å². The minimum absolute atomic E-state index is 0.0344. The van der Waals surface area contributed by atoms with E-state index in [4.69, 9.17) is 35.6 Å². The number of halogens is 1. The van der Waals surface area contributed by atoms with Gasteiger partial charge in [0.15, 0.2) is 4.99 Å². The van der Waals surface area contributed by atoms with Crippen LogP contribution in [0.15, 0.2) is 69.7 Å². The molecule has 0 unspecified atom stereocenters. The van der Waals surface area contributed by atoms with Gasteiger partial charge in [-0.1, -0.05) is 68.5 Å². The summed E-state index contributed by atoms with van der Waals surface area (Å²) in [5.41, 5.74) is 4.52. The van der Waals surface area contributed by atoms with E-state index < -0.39 is 0 Å². The minimum atomic E-state index is -0.176. The van der Waals surface area contributed by atoms with Crippen molar-refractivity contribution in [2.45, 2.75) is 26.7 Å². The van der Waals surface area contributed by atoms with Gasteiger partial charge in [0.1, 0.15) is 0 Å². The fourth-order valence-electron chi connectivity index (χ4n) is 3.75. The predicted molar refractivity (Wildman–Crippen MR) is 134 cm³/mol. The summed E-state index contributed by atoms with van der Waals surface area (Å²) in [5, 5.41) is 14.8. The molecule has 3 rings (SSSR count). The summed E-state index contributed by atoms with van der Waals surface area (Å²) in [6.07, 6.45) is 5.46. The van der Waals surface area contributed by atoms with E-state index in [2.05, 4.69) is 70.5 Å². The first-order chi connectivity index (χ1) is 15.1. The first-order valence-corrected chi connectivity index (χ1v) is 10.7. The van der Waals surface area contributed by atoms with Gasteiger partial charge in [-0.2, -0.15) is 0 Å². The quantitative estimate of drug-likeness (QED) is 0.139. The molecule has 0 saturated heterocycles. The summed E-state index contributed by atoms with van der Waals surface area (Å²) in [6.45, 7) is 15.4. The molecule has 0 spiro atoms. The zero-order chi connectivity index (χ0) is 23.6. The molecule has 32 heavy (non-hydrogen) atoms. The fourth-order valence-corrected chi connectivity index (χ4v) is 4.28. The van der Waals surface area contributed by atoms with Gasteiger partial charge in [-0.05, 0) is 58.8 Å². The Hall–Kier alpha value is -2.92. The monoisotopic (exact) mass is 468 g/mol. The maximum atomic E-state index is 8.91. The zero-order valence-corrected chi connectivity index (χ0v) is 20.1. The molecule has 166 valence electrons. The van der Waals surface area contributed by atoms with Crippen LogP contribution < -0.4 is 4.90 Å². The maximum Gasteiger partial charge on any atom is 0.304 e. The Kier molecular flexibility index (Phi) is 6.89. The van der Waals surface area contributed by atoms with E-state index in [1.807, 2.05) is 20.2 Å². The molecule has 0 radical (unpaired) electrons. The van der Waals surface area contributed by atoms with Crippen molar-refractivity contribution in [3.05, 3.63) is 81.5 Å². The summed E-state index contributed by atoms with van der Waals surface area (Å²) in [6, 6.07) is 8.28. The first kappa shape index (κ1) is 23.7. The minimum Gasteiger partial charge on any atom is -0.378 e. The summed E-state index contributed by atoms with van der Waals surface area (Å²) in [5.74, 6) is -0.0799. The normalized spacial score (nSPS) is 20.5. The second-order valence-electron chi connectivity index (χ2n) is 8.71. The van der Waals surface area contributed by atoms with Crippen LogP contribution in [-0.4, -0.2) is 35.2 Å². The lowest BCUT2D eigenvalue weighted by atomic mass is 9.74. The van der Waals surface area contributed by atoms with Crippen LogP contribution in [0.25, 0.3) is 10.9 Å². The second kappa shape index (κ2) is 9.29. The summed E-state index contributed by atoms with van der Waals surface area (Å²) >= 11 is 12.3. The Labute approximate surface area is 199 Å². The Morgan fingerprint density at radius 1 is 1.31 bits per heavy atom. The van der Waals surface area contributed by atoms with Crippen molar-refractivity contribution in [3.8, 4) is 0 Å². The van der Waals surface area contributed by atoms with Crippen LogP contribution in [-0.2, 0) is 4.89 Å². The van der Waals surface area contributed by atoms with E-state index in [1.54, 1.807) is 0 Å². The Bertz CT molecular complexity index is 1120. The predicted octanol–water partition coefficient (Wildman–Crippen LogP) is 6.21. The van der Waals surface area contributed by atoms with Crippen LogP contribution in [0.2, 0.25) is 0 Å². The third-order valence-electron chi connectivity index (χ3n) is 5.28. The molecule has 0 saturated carbocycles. The average Bonchev–Trinajstić information content (AvgIpc) is 3.06. The van der Waals surface area contributed by atoms with Crippen molar-refractivity contribution < 1.29 is 10.1 Å². The van der Waals surface area contributed by atoms with E-state index in [1.165, 1.54) is 0 Å². The number of rotatable bonds is 5. The topological polar surface area (TPSA) is 52.7 Å². The van der Waals surface area contributed by atoms with Crippen LogP contribution in [0, 0.1) is 12.0 Å². The highest BCUT2D eigenvalue weighted by atomic mass is 35.5. The molecular formula is C24H25ClN4O2S. The molecule has 1 aromatic carbocycles. The van der Waals surface area contributed by atoms with E-state index in [9.17, 15) is 0 Å². The molecule has 1 N–H and O–H groups in total. The van der Waals surface area contributed by atoms with Gasteiger partial charge in [-0.3, -0.25) is 0 Å². The number of hydrogen-bond acceptors (Lipinski definition) is 5. The molecule has 1 aliphatic carbocycles. The van der Waals surface area contributed by atoms with E-state index in [-0.39, 0.29) is 22.1 Å². The lowest BCUT2D eigenvalue weighted by Gasteiger charge is -2.32. The van der Waals surface area contributed by atoms with Crippen molar-refractivity contribution in [3.63, 3.8) is 0 Å². The highest BCUT2D eigenvalue weighted by Crippen LogP contribution is 2.45. The van der Waals surface area contributed by atoms with E-state index >= 15 is 0 Å². The number of amidine groups is 1. The van der Waals surface area contributed by atoms with E-state index in [0.29, 0.717) is 10.6 Å². The molecule has 0 aromatic heterocycles. The lowest BCUT2D eigenvalue weighted by Crippen LogP contribution is -2.21. The number of hydrazone groups is 1. The summed E-state index contributed by atoms with van der Waals surface area (Å²) in [7, 11) is 4.02. The van der Waals surface area contributed by atoms with Crippen LogP contribution in [0.1, 0.15) is 32.3 Å². The summed E-state index contributed by atoms with van der Waals surface area (Å²) in [4.78, 5) is 9.89. The number of benzene rings is 1. The number of thiocarbonyl (C=S) groups is 1. The molecule has 8 heteroatoms. The van der Waals surface area contributed by atoms with E-state index in [0.717, 1.165) is 40.2 Å². The third-order valence-corrected chi connectivity index (χ3v) is 6.16. The molecule has 0 fully saturated rings. The lowest BCUT2D eigenvalue weighted by molar-refractivity contribution is -0.218. The van der Waals surface area contributed by atoms with Gasteiger partial charge in [0.05, 0.1) is 0 Å². The Balaban J connectivity index is 2.03. The molecular weight excluding hydrogens is 444 g/mol. The van der Waals surface area contributed by atoms with Crippen LogP contribution in [0.5, 0.6) is 0 Å². The highest BCUT2D eigenvalue weighted by molar-refractivity contribution is 7.80. The largest absolute Gasteiger partial charge is 0.378 e. The second-order valence-corrected chi connectivity index (χ2v) is 9.47. The highest BCUT2D eigenvalue weighted by Gasteiger charge is 2.35. The molecule has 1 aliphatic heterocycles. The van der Waals surface area contributed by atoms with Gasteiger partial charge in [0.25, 0.3) is 5.88 Å². The van der Waals surface area contributed by atoms with Crippen LogP contribution in [0.4, 0.5) is 5.69 Å². The van der Waals surface area contributed by atoms with Gasteiger partial charge in [-0.25, -0.2) is 5.26 Å². The number of anilines is 1. The maximum absolute atomic E-state index is 8.91. The fraction of sp³-hybridized carbons (Fsp3) is 0.292. The smallest absolute Gasteiger partial charge is 0.304 e. The molecule has 1 aromatic rings. The van der Waals surface area contributed by atoms with Crippen molar-refractivity contribution in [1.82, 2.24) is 5.01 Å². The van der Waals surface area contributed by atoms with Crippen LogP contribution in [0.3, 0.4) is 0 Å². The first-order valence-electron chi connectivity index (χ1n) is 9.96. The van der Waals surface area contributed by atoms with Gasteiger partial charge >= 0.3 is 5.84 Å². The molecule has 1 heterocycles. The third kappa shape index (κ3) is 4.94. The average molecular weight is 469 g/mol. The van der Waals surface area contributed by atoms with Gasteiger partial charge in [0.2, 0.25) is 0 Å². The number of allylic oxidation sites excluding steroid dienone is 4. The number of hydrogen-bond donors (Lipinski definition) is 1. The molecule has 0 atom stereocenters. The standard InChI is InChI=1S/C24H25ClN4O2S/c1-15(31-30)29-23(32)20(22(26-4)27-29)12-18-14-24(2,3)13-17(21(18)25)11-16-7-9-19(10-8-16)28(5)6/h7-12,30H,1,13-14H2,2-3,5-6H3/b17-11+,20-12-. The van der Waals surface area contributed by atoms with Crippen molar-refractivity contribution >= 4 is 46.4 Å². The Morgan fingerprint density at radius 3 is 2.53 bits per heavy atom. The molecule has 0 bridgehead atoms. The van der Waals surface area contributed by atoms with Crippen molar-refractivity contribution in [1.29, 1.82) is 0 Å². The molecule has 2 aliphatic rings. The molecule has 6 nitrogen and oxygen atoms in total. The van der Waals surface area contributed by atoms with Crippen molar-refractivity contribution in [2.75, 3.05) is 19.0 Å². The van der Waals surface area contributed by atoms with Gasteiger partial charge in [0, 0.05) is 30.4 Å². The SMILES string of the molecule is [C-]#[N+]C1=NN(C(=C)OO)C(=S)/C1=C\C1=C(Cl)C(=C/c2ccc(N(C)C)cc2)/CC(C)(C)C1. The number of nitrogens with zero attached hydrogens (tertiary/aromatic N) is 4. The summed E-state index contributed by atoms with van der Waals surface area (Å²) < 4.78 is 0. The van der Waals surface area contributed by atoms with Crippen molar-refractivity contribution in [2.24, 2.45) is 10.5 Å². The zero-order valence-electron chi connectivity index (χ0n) is 18.5. The van der Waals surface area contributed by atoms with Gasteiger partial charge < -0.3 is 14.6 Å². The van der Waals surface area contributed by atoms with Crippen LogP contribution >= 0.6 is 23.8 Å². The Morgan fingerprint density at radius 2 is 1.97 bits per heavy atom. The molecule has 0 amide bonds.